The van der Waals surface area contributed by atoms with Crippen LogP contribution >= 0.6 is 0 Å². The summed E-state index contributed by atoms with van der Waals surface area (Å²) in [5, 5.41) is 3.38. The number of nitrogens with two attached hydrogens (primary N) is 1. The molecule has 6 heteroatoms. The first-order valence-corrected chi connectivity index (χ1v) is 8.15. The van der Waals surface area contributed by atoms with E-state index in [-0.39, 0.29) is 18.4 Å². The minimum Gasteiger partial charge on any atom is -1.00 e. The van der Waals surface area contributed by atoms with Crippen LogP contribution in [0.25, 0.3) is 0 Å². The zero-order valence-corrected chi connectivity index (χ0v) is 14.8. The molecule has 5 nitrogen and oxygen atoms in total. The highest BCUT2D eigenvalue weighted by Crippen LogP contribution is 2.27. The van der Waals surface area contributed by atoms with E-state index in [4.69, 9.17) is 5.73 Å². The van der Waals surface area contributed by atoms with Gasteiger partial charge in [0, 0.05) is 24.5 Å². The van der Waals surface area contributed by atoms with Crippen molar-refractivity contribution in [3.8, 4) is 0 Å². The number of aryl methyl sites for hydroxylation is 1. The quantitative estimate of drug-likeness (QED) is 0.492. The fraction of sp³-hybridized carbons (Fsp3) is 0.588. The van der Waals surface area contributed by atoms with Gasteiger partial charge in [-0.25, -0.2) is 0 Å². The maximum atomic E-state index is 12.6. The molecule has 1 fully saturated rings. The number of nitrogens with one attached hydrogen (secondary N) is 1. The van der Waals surface area contributed by atoms with Crippen LogP contribution in [0, 0.1) is 0 Å². The average molecular weight is 339 g/mol. The lowest BCUT2D eigenvalue weighted by molar-refractivity contribution is -0.894. The number of fused-ring (bicyclic) bond motifs is 1. The zero-order valence-electron chi connectivity index (χ0n) is 14.0. The van der Waals surface area contributed by atoms with E-state index >= 15 is 0 Å². The first kappa shape index (κ1) is 18.0. The summed E-state index contributed by atoms with van der Waals surface area (Å²) in [6.07, 6.45) is 1.83. The van der Waals surface area contributed by atoms with Crippen molar-refractivity contribution in [2.75, 3.05) is 57.9 Å². The van der Waals surface area contributed by atoms with Gasteiger partial charge >= 0.3 is 0 Å². The molecule has 0 aromatic heterocycles. The zero-order chi connectivity index (χ0) is 15.7. The molecule has 2 aliphatic rings. The largest absolute Gasteiger partial charge is 1.00 e. The molecule has 23 heavy (non-hydrogen) atoms. The molecule has 0 spiro atoms. The van der Waals surface area contributed by atoms with Gasteiger partial charge < -0.3 is 27.9 Å². The van der Waals surface area contributed by atoms with Gasteiger partial charge in [0.1, 0.15) is 0 Å². The Balaban J connectivity index is 0.00000192. The fourth-order valence-electron chi connectivity index (χ4n) is 3.28. The summed E-state index contributed by atoms with van der Waals surface area (Å²) >= 11 is 0. The van der Waals surface area contributed by atoms with Crippen LogP contribution in [0.4, 0.5) is 11.4 Å². The molecule has 3 N–H and O–H groups in total. The Morgan fingerprint density at radius 3 is 2.74 bits per heavy atom. The van der Waals surface area contributed by atoms with E-state index in [1.807, 2.05) is 12.1 Å². The van der Waals surface area contributed by atoms with Gasteiger partial charge in [-0.2, -0.15) is 0 Å². The summed E-state index contributed by atoms with van der Waals surface area (Å²) in [5.74, 6) is 0.306. The van der Waals surface area contributed by atoms with E-state index in [0.717, 1.165) is 54.9 Å². The highest BCUT2D eigenvalue weighted by atomic mass is 35.5. The van der Waals surface area contributed by atoms with Crippen molar-refractivity contribution in [1.82, 2.24) is 4.90 Å². The van der Waals surface area contributed by atoms with Crippen molar-refractivity contribution >= 4 is 17.2 Å². The Kier molecular flexibility index (Phi) is 5.55. The third-order valence-corrected chi connectivity index (χ3v) is 4.98. The van der Waals surface area contributed by atoms with Crippen molar-refractivity contribution in [1.29, 1.82) is 0 Å². The number of quaternary nitrogens is 1. The second-order valence-corrected chi connectivity index (χ2v) is 7.28. The molecule has 2 aliphatic heterocycles. The molecule has 128 valence electrons. The monoisotopic (exact) mass is 338 g/mol. The minimum absolute atomic E-state index is 0. The molecule has 0 amide bonds. The van der Waals surface area contributed by atoms with Crippen molar-refractivity contribution in [2.45, 2.75) is 18.9 Å². The molecular weight excluding hydrogens is 312 g/mol. The number of ketones is 1. The summed E-state index contributed by atoms with van der Waals surface area (Å²) < 4.78 is 1.05. The Morgan fingerprint density at radius 2 is 2.04 bits per heavy atom. The SMILES string of the molecule is C[N+]1(C)CCN(CC(=O)C2CCc3ccc(N)cc3N2)CC1.[Cl-]. The van der Waals surface area contributed by atoms with E-state index in [2.05, 4.69) is 30.4 Å². The fourth-order valence-corrected chi connectivity index (χ4v) is 3.28. The smallest absolute Gasteiger partial charge is 0.168 e. The van der Waals surface area contributed by atoms with E-state index in [9.17, 15) is 4.79 Å². The van der Waals surface area contributed by atoms with Gasteiger partial charge in [-0.05, 0) is 30.5 Å². The Morgan fingerprint density at radius 1 is 1.35 bits per heavy atom. The minimum atomic E-state index is -0.0706. The van der Waals surface area contributed by atoms with Gasteiger partial charge in [-0.15, -0.1) is 0 Å². The maximum Gasteiger partial charge on any atom is 0.168 e. The summed E-state index contributed by atoms with van der Waals surface area (Å²) in [6.45, 7) is 4.81. The van der Waals surface area contributed by atoms with Crippen molar-refractivity contribution in [3.63, 3.8) is 0 Å². The highest BCUT2D eigenvalue weighted by molar-refractivity contribution is 5.89. The number of hydrogen-bond donors (Lipinski definition) is 2. The predicted octanol–water partition coefficient (Wildman–Crippen LogP) is -2.04. The summed E-state index contributed by atoms with van der Waals surface area (Å²) in [4.78, 5) is 14.9. The standard InChI is InChI=1S/C17H27N4O.ClH/c1-21(2)9-7-20(8-10-21)12-17(22)15-6-4-13-3-5-14(18)11-16(13)19-15;/h3,5,11,15,19H,4,6-10,12,18H2,1-2H3;1H/q+1;/p-1. The van der Waals surface area contributed by atoms with Crippen LogP contribution in [-0.4, -0.2) is 68.0 Å². The number of likely N-dealkylation sites (N-methyl/N-ethyl adjacent to an activating group) is 1. The van der Waals surface area contributed by atoms with Gasteiger partial charge in [-0.1, -0.05) is 6.07 Å². The lowest BCUT2D eigenvalue weighted by Gasteiger charge is -2.39. The molecule has 1 atom stereocenters. The van der Waals surface area contributed by atoms with Gasteiger partial charge in [0.2, 0.25) is 0 Å². The lowest BCUT2D eigenvalue weighted by Crippen LogP contribution is -3.00. The van der Waals surface area contributed by atoms with Crippen molar-refractivity contribution < 1.29 is 21.7 Å². The number of nitrogen functional groups attached to an aromatic ring is 1. The van der Waals surface area contributed by atoms with Gasteiger partial charge in [0.15, 0.2) is 5.78 Å². The number of nitrogens with zero attached hydrogens (tertiary/aromatic N) is 2. The summed E-state index contributed by atoms with van der Waals surface area (Å²) in [5.41, 5.74) is 8.88. The van der Waals surface area contributed by atoms with Crippen molar-refractivity contribution in [2.24, 2.45) is 0 Å². The molecule has 2 heterocycles. The van der Waals surface area contributed by atoms with Crippen LogP contribution in [0.15, 0.2) is 18.2 Å². The van der Waals surface area contributed by atoms with Gasteiger partial charge in [0.05, 0.1) is 39.8 Å². The first-order valence-electron chi connectivity index (χ1n) is 8.15. The summed E-state index contributed by atoms with van der Waals surface area (Å²) in [6, 6.07) is 5.86. The number of anilines is 2. The van der Waals surface area contributed by atoms with Crippen LogP contribution in [0.1, 0.15) is 12.0 Å². The molecule has 1 aromatic carbocycles. The highest BCUT2D eigenvalue weighted by Gasteiger charge is 2.29. The third kappa shape index (κ3) is 4.37. The molecule has 1 aromatic rings. The van der Waals surface area contributed by atoms with E-state index in [1.165, 1.54) is 5.56 Å². The maximum absolute atomic E-state index is 12.6. The molecule has 1 unspecified atom stereocenters. The number of carbonyl (C=O) groups excluding carboxylic acids is 1. The molecule has 3 rings (SSSR count). The number of hydrogen-bond acceptors (Lipinski definition) is 4. The molecule has 0 saturated carbocycles. The molecule has 0 bridgehead atoms. The van der Waals surface area contributed by atoms with Crippen LogP contribution in [-0.2, 0) is 11.2 Å². The van der Waals surface area contributed by atoms with Crippen LogP contribution in [0.3, 0.4) is 0 Å². The van der Waals surface area contributed by atoms with Crippen LogP contribution in [0.2, 0.25) is 0 Å². The Bertz CT molecular complexity index is 566. The van der Waals surface area contributed by atoms with E-state index in [0.29, 0.717) is 12.3 Å². The van der Waals surface area contributed by atoms with Crippen LogP contribution in [0.5, 0.6) is 0 Å². The number of halogens is 1. The number of piperazine rings is 1. The average Bonchev–Trinajstić information content (AvgIpc) is 2.48. The number of rotatable bonds is 3. The van der Waals surface area contributed by atoms with Gasteiger partial charge in [0.25, 0.3) is 0 Å². The van der Waals surface area contributed by atoms with E-state index < -0.39 is 0 Å². The third-order valence-electron chi connectivity index (χ3n) is 4.98. The molecule has 0 radical (unpaired) electrons. The number of benzene rings is 1. The van der Waals surface area contributed by atoms with Crippen LogP contribution < -0.4 is 23.5 Å². The van der Waals surface area contributed by atoms with Gasteiger partial charge in [-0.3, -0.25) is 9.69 Å². The number of carbonyl (C=O) groups is 1. The normalized spacial score (nSPS) is 23.3. The Labute approximate surface area is 144 Å². The second kappa shape index (κ2) is 7.07. The molecule has 1 saturated heterocycles. The summed E-state index contributed by atoms with van der Waals surface area (Å²) in [7, 11) is 4.51. The topological polar surface area (TPSA) is 58.4 Å². The van der Waals surface area contributed by atoms with Crippen molar-refractivity contribution in [3.05, 3.63) is 23.8 Å². The predicted molar refractivity (Wildman–Crippen MR) is 89.9 cm³/mol. The lowest BCUT2D eigenvalue weighted by atomic mass is 9.95. The first-order chi connectivity index (χ1) is 10.4. The second-order valence-electron chi connectivity index (χ2n) is 7.28. The number of Topliss-reactive ketones (excluding diaryl/α,β-unsaturated/α-hetero) is 1. The Hall–Kier alpha value is -1.30. The molecular formula is C17H27ClN4O. The van der Waals surface area contributed by atoms with E-state index in [1.54, 1.807) is 0 Å². The molecule has 0 aliphatic carbocycles.